The summed E-state index contributed by atoms with van der Waals surface area (Å²) >= 11 is 6.05. The third kappa shape index (κ3) is 4.72. The Morgan fingerprint density at radius 2 is 2.24 bits per heavy atom. The Morgan fingerprint density at radius 3 is 2.95 bits per heavy atom. The fourth-order valence-corrected chi connectivity index (χ4v) is 2.99. The molecule has 1 amide bonds. The fourth-order valence-electron chi connectivity index (χ4n) is 2.81. The Morgan fingerprint density at radius 1 is 1.43 bits per heavy atom. The number of nitrogens with one attached hydrogen (secondary N) is 1. The molecular weight excluding hydrogens is 284 g/mol. The van der Waals surface area contributed by atoms with E-state index >= 15 is 0 Å². The summed E-state index contributed by atoms with van der Waals surface area (Å²) in [6.07, 6.45) is 4.95. The molecule has 1 aliphatic heterocycles. The summed E-state index contributed by atoms with van der Waals surface area (Å²) in [4.78, 5) is 14.6. The van der Waals surface area contributed by atoms with Crippen LogP contribution in [0.4, 0.5) is 0 Å². The fraction of sp³-hybridized carbons (Fsp3) is 0.588. The number of rotatable bonds is 5. The van der Waals surface area contributed by atoms with Gasteiger partial charge in [-0.3, -0.25) is 4.79 Å². The van der Waals surface area contributed by atoms with E-state index in [1.807, 2.05) is 19.1 Å². The van der Waals surface area contributed by atoms with Crippen molar-refractivity contribution in [3.63, 3.8) is 0 Å². The lowest BCUT2D eigenvalue weighted by molar-refractivity contribution is 0.0949. The first kappa shape index (κ1) is 16.3. The zero-order valence-electron chi connectivity index (χ0n) is 13.0. The summed E-state index contributed by atoms with van der Waals surface area (Å²) in [5.74, 6) is -0.0383. The van der Waals surface area contributed by atoms with Gasteiger partial charge < -0.3 is 10.2 Å². The molecule has 0 aliphatic carbocycles. The average Bonchev–Trinajstić information content (AvgIpc) is 2.48. The van der Waals surface area contributed by atoms with Crippen molar-refractivity contribution >= 4 is 17.5 Å². The molecule has 0 radical (unpaired) electrons. The summed E-state index contributed by atoms with van der Waals surface area (Å²) in [5, 5.41) is 3.62. The Hall–Kier alpha value is -1.06. The van der Waals surface area contributed by atoms with Crippen LogP contribution in [0.25, 0.3) is 0 Å². The predicted molar refractivity (Wildman–Crippen MR) is 88.0 cm³/mol. The maximum atomic E-state index is 12.0. The van der Waals surface area contributed by atoms with Crippen molar-refractivity contribution < 1.29 is 4.79 Å². The lowest BCUT2D eigenvalue weighted by Gasteiger charge is -2.33. The molecule has 1 saturated heterocycles. The number of piperidine rings is 1. The van der Waals surface area contributed by atoms with Crippen molar-refractivity contribution in [2.75, 3.05) is 19.6 Å². The van der Waals surface area contributed by atoms with E-state index in [2.05, 4.69) is 17.1 Å². The molecule has 1 atom stereocenters. The van der Waals surface area contributed by atoms with Crippen LogP contribution in [0.15, 0.2) is 18.2 Å². The third-order valence-electron chi connectivity index (χ3n) is 4.28. The van der Waals surface area contributed by atoms with Gasteiger partial charge in [0.1, 0.15) is 0 Å². The first-order valence-corrected chi connectivity index (χ1v) is 8.24. The minimum atomic E-state index is -0.0383. The van der Waals surface area contributed by atoms with Gasteiger partial charge >= 0.3 is 0 Å². The average molecular weight is 309 g/mol. The number of amides is 1. The highest BCUT2D eigenvalue weighted by Gasteiger charge is 2.17. The van der Waals surface area contributed by atoms with Crippen molar-refractivity contribution in [3.8, 4) is 0 Å². The van der Waals surface area contributed by atoms with Crippen molar-refractivity contribution in [1.29, 1.82) is 0 Å². The molecule has 1 fully saturated rings. The first-order valence-electron chi connectivity index (χ1n) is 7.86. The van der Waals surface area contributed by atoms with E-state index in [4.69, 9.17) is 11.6 Å². The number of hydrogen-bond donors (Lipinski definition) is 1. The molecule has 0 spiro atoms. The zero-order chi connectivity index (χ0) is 15.2. The molecule has 1 aromatic rings. The molecule has 2 rings (SSSR count). The Bertz CT molecular complexity index is 490. The highest BCUT2D eigenvalue weighted by molar-refractivity contribution is 6.31. The lowest BCUT2D eigenvalue weighted by atomic mass is 10.0. The molecule has 1 unspecified atom stereocenters. The summed E-state index contributed by atoms with van der Waals surface area (Å²) in [6.45, 7) is 7.21. The maximum absolute atomic E-state index is 12.0. The maximum Gasteiger partial charge on any atom is 0.251 e. The van der Waals surface area contributed by atoms with Crippen LogP contribution in [-0.2, 0) is 0 Å². The van der Waals surface area contributed by atoms with Gasteiger partial charge in [-0.15, -0.1) is 0 Å². The van der Waals surface area contributed by atoms with Crippen LogP contribution in [0.2, 0.25) is 5.02 Å². The van der Waals surface area contributed by atoms with Gasteiger partial charge in [0.05, 0.1) is 0 Å². The van der Waals surface area contributed by atoms with E-state index in [1.165, 1.54) is 25.8 Å². The summed E-state index contributed by atoms with van der Waals surface area (Å²) < 4.78 is 0. The Kier molecular flexibility index (Phi) is 6.07. The molecule has 1 N–H and O–H groups in total. The number of aryl methyl sites for hydroxylation is 1. The van der Waals surface area contributed by atoms with Gasteiger partial charge in [0.15, 0.2) is 0 Å². The number of benzene rings is 1. The van der Waals surface area contributed by atoms with Crippen molar-refractivity contribution in [1.82, 2.24) is 10.2 Å². The molecule has 116 valence electrons. The van der Waals surface area contributed by atoms with Gasteiger partial charge in [-0.25, -0.2) is 0 Å². The van der Waals surface area contributed by atoms with Crippen molar-refractivity contribution in [2.24, 2.45) is 0 Å². The molecule has 0 aromatic heterocycles. The normalized spacial score (nSPS) is 19.5. The second-order valence-corrected chi connectivity index (χ2v) is 6.36. The minimum absolute atomic E-state index is 0.0383. The van der Waals surface area contributed by atoms with E-state index in [0.29, 0.717) is 23.2 Å². The number of carbonyl (C=O) groups excluding carboxylic acids is 1. The summed E-state index contributed by atoms with van der Waals surface area (Å²) in [7, 11) is 0. The van der Waals surface area contributed by atoms with Gasteiger partial charge in [0.25, 0.3) is 5.91 Å². The topological polar surface area (TPSA) is 32.3 Å². The Labute approximate surface area is 132 Å². The lowest BCUT2D eigenvalue weighted by Crippen LogP contribution is -2.39. The molecule has 3 nitrogen and oxygen atoms in total. The van der Waals surface area contributed by atoms with Crippen LogP contribution in [0.5, 0.6) is 0 Å². The number of nitrogens with zero attached hydrogens (tertiary/aromatic N) is 1. The van der Waals surface area contributed by atoms with Gasteiger partial charge in [-0.1, -0.05) is 24.1 Å². The van der Waals surface area contributed by atoms with Crippen LogP contribution >= 0.6 is 11.6 Å². The highest BCUT2D eigenvalue weighted by Crippen LogP contribution is 2.17. The van der Waals surface area contributed by atoms with E-state index in [9.17, 15) is 4.79 Å². The molecule has 1 aromatic carbocycles. The molecule has 0 saturated carbocycles. The van der Waals surface area contributed by atoms with Crippen LogP contribution < -0.4 is 5.32 Å². The van der Waals surface area contributed by atoms with Crippen molar-refractivity contribution in [2.45, 2.75) is 45.6 Å². The Balaban J connectivity index is 1.72. The smallest absolute Gasteiger partial charge is 0.251 e. The monoisotopic (exact) mass is 308 g/mol. The van der Waals surface area contributed by atoms with Gasteiger partial charge in [-0.2, -0.15) is 0 Å². The van der Waals surface area contributed by atoms with Crippen molar-refractivity contribution in [3.05, 3.63) is 34.3 Å². The molecule has 1 heterocycles. The SMILES string of the molecule is Cc1ccc(C(=O)NCCCN2CCCCC2C)cc1Cl. The minimum Gasteiger partial charge on any atom is -0.352 e. The number of likely N-dealkylation sites (tertiary alicyclic amines) is 1. The van der Waals surface area contributed by atoms with Gasteiger partial charge in [-0.05, 0) is 57.4 Å². The van der Waals surface area contributed by atoms with Crippen LogP contribution in [-0.4, -0.2) is 36.5 Å². The molecule has 1 aliphatic rings. The van der Waals surface area contributed by atoms with E-state index in [0.717, 1.165) is 18.5 Å². The van der Waals surface area contributed by atoms with Gasteiger partial charge in [0, 0.05) is 29.7 Å². The second-order valence-electron chi connectivity index (χ2n) is 5.95. The van der Waals surface area contributed by atoms with E-state index in [-0.39, 0.29) is 5.91 Å². The number of hydrogen-bond acceptors (Lipinski definition) is 2. The second kappa shape index (κ2) is 7.81. The summed E-state index contributed by atoms with van der Waals surface area (Å²) in [6, 6.07) is 6.12. The predicted octanol–water partition coefficient (Wildman–Crippen LogP) is 3.64. The molecule has 21 heavy (non-hydrogen) atoms. The van der Waals surface area contributed by atoms with Crippen LogP contribution in [0.3, 0.4) is 0 Å². The van der Waals surface area contributed by atoms with E-state index < -0.39 is 0 Å². The summed E-state index contributed by atoms with van der Waals surface area (Å²) in [5.41, 5.74) is 1.63. The zero-order valence-corrected chi connectivity index (χ0v) is 13.7. The van der Waals surface area contributed by atoms with Crippen LogP contribution in [0.1, 0.15) is 48.5 Å². The number of carbonyl (C=O) groups is 1. The largest absolute Gasteiger partial charge is 0.352 e. The third-order valence-corrected chi connectivity index (χ3v) is 4.69. The van der Waals surface area contributed by atoms with Crippen LogP contribution in [0, 0.1) is 6.92 Å². The first-order chi connectivity index (χ1) is 10.1. The van der Waals surface area contributed by atoms with E-state index in [1.54, 1.807) is 6.07 Å². The van der Waals surface area contributed by atoms with Gasteiger partial charge in [0.2, 0.25) is 0 Å². The molecule has 4 heteroatoms. The highest BCUT2D eigenvalue weighted by atomic mass is 35.5. The molecular formula is C17H25ClN2O. The standard InChI is InChI=1S/C17H25ClN2O/c1-13-7-8-15(12-16(13)18)17(21)19-9-5-11-20-10-4-3-6-14(20)2/h7-8,12,14H,3-6,9-11H2,1-2H3,(H,19,21). The molecule has 0 bridgehead atoms. The quantitative estimate of drug-likeness (QED) is 0.842. The number of halogens is 1.